The number of halogens is 2. The molecule has 1 fully saturated rings. The van der Waals surface area contributed by atoms with Crippen molar-refractivity contribution in [1.82, 2.24) is 9.88 Å². The molecular weight excluding hydrogens is 404 g/mol. The Labute approximate surface area is 180 Å². The predicted molar refractivity (Wildman–Crippen MR) is 113 cm³/mol. The maximum absolute atomic E-state index is 13.6. The molecule has 1 aliphatic rings. The molecule has 1 N–H and O–H groups in total. The number of anilines is 1. The molecule has 2 amide bonds. The fourth-order valence-electron chi connectivity index (χ4n) is 3.92. The van der Waals surface area contributed by atoms with Crippen LogP contribution in [0.25, 0.3) is 0 Å². The minimum absolute atomic E-state index is 0.0378. The number of carbonyl (C=O) groups is 2. The number of benzene rings is 1. The van der Waals surface area contributed by atoms with Crippen LogP contribution in [0, 0.1) is 6.92 Å². The lowest BCUT2D eigenvalue weighted by molar-refractivity contribution is -0.143. The monoisotopic (exact) mass is 431 g/mol. The highest BCUT2D eigenvalue weighted by Gasteiger charge is 2.53. The third-order valence-corrected chi connectivity index (χ3v) is 5.56. The van der Waals surface area contributed by atoms with Crippen molar-refractivity contribution in [2.75, 3.05) is 18.4 Å². The van der Waals surface area contributed by atoms with Crippen LogP contribution in [0.5, 0.6) is 5.88 Å². The number of pyridine rings is 1. The Morgan fingerprint density at radius 3 is 2.48 bits per heavy atom. The van der Waals surface area contributed by atoms with E-state index in [2.05, 4.69) is 15.0 Å². The van der Waals surface area contributed by atoms with Crippen LogP contribution in [-0.2, 0) is 15.0 Å². The number of aryl methyl sites for hydroxylation is 1. The normalized spacial score (nSPS) is 15.0. The van der Waals surface area contributed by atoms with E-state index < -0.39 is 12.0 Å². The van der Waals surface area contributed by atoms with E-state index in [4.69, 9.17) is 0 Å². The summed E-state index contributed by atoms with van der Waals surface area (Å²) in [6.45, 7) is 4.87. The highest BCUT2D eigenvalue weighted by Crippen LogP contribution is 2.40. The average Bonchev–Trinajstić information content (AvgIpc) is 2.68. The Balaban J connectivity index is 1.99. The number of aromatic nitrogens is 1. The zero-order valence-corrected chi connectivity index (χ0v) is 18.1. The lowest BCUT2D eigenvalue weighted by Crippen LogP contribution is -2.66. The van der Waals surface area contributed by atoms with Gasteiger partial charge < -0.3 is 15.0 Å². The molecule has 8 heteroatoms. The zero-order chi connectivity index (χ0) is 22.8. The van der Waals surface area contributed by atoms with E-state index in [1.165, 1.54) is 6.07 Å². The molecule has 0 radical (unpaired) electrons. The third kappa shape index (κ3) is 4.52. The second-order valence-corrected chi connectivity index (χ2v) is 8.07. The van der Waals surface area contributed by atoms with Gasteiger partial charge in [0.15, 0.2) is 0 Å². The van der Waals surface area contributed by atoms with Gasteiger partial charge in [0, 0.05) is 25.2 Å². The first-order valence-electron chi connectivity index (χ1n) is 10.3. The molecule has 0 saturated carbocycles. The summed E-state index contributed by atoms with van der Waals surface area (Å²) in [6, 6.07) is 10.7. The van der Waals surface area contributed by atoms with Gasteiger partial charge in [-0.3, -0.25) is 9.59 Å². The second-order valence-electron chi connectivity index (χ2n) is 8.07. The molecule has 2 aromatic rings. The first-order chi connectivity index (χ1) is 14.7. The molecule has 0 unspecified atom stereocenters. The van der Waals surface area contributed by atoms with Crippen LogP contribution in [0.4, 0.5) is 14.5 Å². The Hall–Kier alpha value is -3.03. The van der Waals surface area contributed by atoms with E-state index in [9.17, 15) is 18.4 Å². The maximum atomic E-state index is 13.6. The minimum Gasteiger partial charge on any atom is -0.415 e. The van der Waals surface area contributed by atoms with Gasteiger partial charge >= 0.3 is 6.61 Å². The number of carbonyl (C=O) groups excluding carboxylic acids is 2. The van der Waals surface area contributed by atoms with E-state index in [0.717, 1.165) is 11.1 Å². The molecule has 1 aromatic carbocycles. The van der Waals surface area contributed by atoms with E-state index >= 15 is 0 Å². The lowest BCUT2D eigenvalue weighted by Gasteiger charge is -2.50. The van der Waals surface area contributed by atoms with E-state index in [1.807, 2.05) is 38.1 Å². The number of hydrogen-bond acceptors (Lipinski definition) is 4. The molecule has 0 spiro atoms. The van der Waals surface area contributed by atoms with E-state index in [1.54, 1.807) is 24.8 Å². The standard InChI is InChI=1S/C23H27F2N3O3/c1-5-19(29)28-12-23(13-28,17-9-7-6-8-16(17)14(2)3)21(30)27-18-11-10-15(4)26-20(18)31-22(24)25/h6-11,14,22H,5,12-13H2,1-4H3,(H,27,30). The summed E-state index contributed by atoms with van der Waals surface area (Å²) in [5, 5.41) is 2.73. The smallest absolute Gasteiger partial charge is 0.388 e. The Morgan fingerprint density at radius 2 is 1.87 bits per heavy atom. The van der Waals surface area contributed by atoms with Gasteiger partial charge in [0.1, 0.15) is 11.1 Å². The molecule has 31 heavy (non-hydrogen) atoms. The Kier molecular flexibility index (Phi) is 6.57. The molecule has 6 nitrogen and oxygen atoms in total. The number of amides is 2. The van der Waals surface area contributed by atoms with Crippen LogP contribution in [0.3, 0.4) is 0 Å². The molecule has 2 heterocycles. The summed E-state index contributed by atoms with van der Waals surface area (Å²) in [4.78, 5) is 31.4. The van der Waals surface area contributed by atoms with Gasteiger partial charge in [0.05, 0.1) is 0 Å². The SMILES string of the molecule is CCC(=O)N1CC(C(=O)Nc2ccc(C)nc2OC(F)F)(c2ccccc2C(C)C)C1. The second kappa shape index (κ2) is 8.99. The molecule has 0 aliphatic carbocycles. The lowest BCUT2D eigenvalue weighted by atomic mass is 9.69. The van der Waals surface area contributed by atoms with Gasteiger partial charge in [-0.2, -0.15) is 8.78 Å². The number of nitrogens with one attached hydrogen (secondary N) is 1. The van der Waals surface area contributed by atoms with Crippen molar-refractivity contribution in [2.24, 2.45) is 0 Å². The molecule has 0 bridgehead atoms. The van der Waals surface area contributed by atoms with Gasteiger partial charge in [-0.05, 0) is 36.1 Å². The zero-order valence-electron chi connectivity index (χ0n) is 18.1. The van der Waals surface area contributed by atoms with Gasteiger partial charge in [0.25, 0.3) is 0 Å². The van der Waals surface area contributed by atoms with E-state index in [0.29, 0.717) is 12.1 Å². The number of rotatable bonds is 7. The van der Waals surface area contributed by atoms with Crippen molar-refractivity contribution in [3.05, 3.63) is 53.2 Å². The quantitative estimate of drug-likeness (QED) is 0.712. The third-order valence-electron chi connectivity index (χ3n) is 5.56. The van der Waals surface area contributed by atoms with Crippen molar-refractivity contribution in [3.8, 4) is 5.88 Å². The predicted octanol–water partition coefficient (Wildman–Crippen LogP) is 4.24. The Bertz CT molecular complexity index is 972. The first-order valence-corrected chi connectivity index (χ1v) is 10.3. The van der Waals surface area contributed by atoms with Gasteiger partial charge in [-0.25, -0.2) is 4.98 Å². The average molecular weight is 431 g/mol. The number of likely N-dealkylation sites (tertiary alicyclic amines) is 1. The number of alkyl halides is 2. The molecule has 166 valence electrons. The van der Waals surface area contributed by atoms with Crippen LogP contribution >= 0.6 is 0 Å². The van der Waals surface area contributed by atoms with E-state index in [-0.39, 0.29) is 42.4 Å². The van der Waals surface area contributed by atoms with Crippen molar-refractivity contribution in [3.63, 3.8) is 0 Å². The van der Waals surface area contributed by atoms with Crippen molar-refractivity contribution < 1.29 is 23.1 Å². The van der Waals surface area contributed by atoms with Crippen LogP contribution < -0.4 is 10.1 Å². The fraction of sp³-hybridized carbons (Fsp3) is 0.435. The van der Waals surface area contributed by atoms with Crippen LogP contribution in [-0.4, -0.2) is 41.4 Å². The van der Waals surface area contributed by atoms with Crippen LogP contribution in [0.2, 0.25) is 0 Å². The molecule has 1 saturated heterocycles. The van der Waals surface area contributed by atoms with Gasteiger partial charge in [0.2, 0.25) is 17.7 Å². The summed E-state index contributed by atoms with van der Waals surface area (Å²) in [5.74, 6) is -0.596. The summed E-state index contributed by atoms with van der Waals surface area (Å²) in [7, 11) is 0. The van der Waals surface area contributed by atoms with Crippen molar-refractivity contribution in [2.45, 2.75) is 52.1 Å². The summed E-state index contributed by atoms with van der Waals surface area (Å²) < 4.78 is 30.2. The number of nitrogens with zero attached hydrogens (tertiary/aromatic N) is 2. The summed E-state index contributed by atoms with van der Waals surface area (Å²) >= 11 is 0. The van der Waals surface area contributed by atoms with Crippen LogP contribution in [0.15, 0.2) is 36.4 Å². The summed E-state index contributed by atoms with van der Waals surface area (Å²) in [6.07, 6.45) is 0.345. The highest BCUT2D eigenvalue weighted by molar-refractivity contribution is 6.02. The summed E-state index contributed by atoms with van der Waals surface area (Å²) in [5.41, 5.74) is 1.40. The van der Waals surface area contributed by atoms with Gasteiger partial charge in [-0.1, -0.05) is 45.0 Å². The van der Waals surface area contributed by atoms with Crippen LogP contribution in [0.1, 0.15) is 49.9 Å². The highest BCUT2D eigenvalue weighted by atomic mass is 19.3. The largest absolute Gasteiger partial charge is 0.415 e. The minimum atomic E-state index is -3.07. The molecule has 1 aliphatic heterocycles. The maximum Gasteiger partial charge on any atom is 0.388 e. The molecule has 1 aromatic heterocycles. The number of hydrogen-bond donors (Lipinski definition) is 1. The fourth-order valence-corrected chi connectivity index (χ4v) is 3.92. The van der Waals surface area contributed by atoms with Crippen molar-refractivity contribution in [1.29, 1.82) is 0 Å². The molecular formula is C23H27F2N3O3. The molecule has 3 rings (SSSR count). The van der Waals surface area contributed by atoms with Crippen molar-refractivity contribution >= 4 is 17.5 Å². The molecule has 0 atom stereocenters. The van der Waals surface area contributed by atoms with Gasteiger partial charge in [-0.15, -0.1) is 0 Å². The Morgan fingerprint density at radius 1 is 1.19 bits per heavy atom. The first kappa shape index (κ1) is 22.7. The number of ether oxygens (including phenoxy) is 1. The topological polar surface area (TPSA) is 71.5 Å².